The Morgan fingerprint density at radius 2 is 1.79 bits per heavy atom. The summed E-state index contributed by atoms with van der Waals surface area (Å²) in [6.45, 7) is 4.31. The van der Waals surface area contributed by atoms with E-state index >= 15 is 0 Å². The molecule has 154 valence electrons. The number of sulfonamides is 1. The lowest BCUT2D eigenvalue weighted by Crippen LogP contribution is -2.25. The van der Waals surface area contributed by atoms with E-state index in [4.69, 9.17) is 0 Å². The molecule has 0 fully saturated rings. The van der Waals surface area contributed by atoms with E-state index < -0.39 is 10.0 Å². The molecule has 1 aliphatic carbocycles. The van der Waals surface area contributed by atoms with Gasteiger partial charge in [-0.05, 0) is 81.8 Å². The van der Waals surface area contributed by atoms with Crippen molar-refractivity contribution in [3.63, 3.8) is 0 Å². The number of allylic oxidation sites excluding steroid dienone is 1. The Hall–Kier alpha value is -2.60. The van der Waals surface area contributed by atoms with Crippen LogP contribution in [0.1, 0.15) is 53.6 Å². The quantitative estimate of drug-likeness (QED) is 0.646. The van der Waals surface area contributed by atoms with Crippen molar-refractivity contribution in [2.24, 2.45) is 0 Å². The molecule has 0 atom stereocenters. The first-order valence-corrected chi connectivity index (χ1v) is 11.5. The lowest BCUT2D eigenvalue weighted by atomic mass is 9.97. The molecule has 1 amide bonds. The molecule has 0 spiro atoms. The molecule has 29 heavy (non-hydrogen) atoms. The number of aryl methyl sites for hydroxylation is 2. The lowest BCUT2D eigenvalue weighted by molar-refractivity contribution is 0.0954. The highest BCUT2D eigenvalue weighted by Gasteiger charge is 2.16. The smallest absolute Gasteiger partial charge is 0.261 e. The zero-order valence-electron chi connectivity index (χ0n) is 17.0. The Labute approximate surface area is 173 Å². The van der Waals surface area contributed by atoms with Crippen molar-refractivity contribution in [1.29, 1.82) is 0 Å². The Morgan fingerprint density at radius 3 is 2.45 bits per heavy atom. The Morgan fingerprint density at radius 1 is 1.03 bits per heavy atom. The molecular formula is C23H28N2O3S. The standard InChI is InChI=1S/C23H28N2O3S/c1-17-8-11-21(12-9-17)29(27,28)25-22-13-10-20(16-18(22)2)23(26)24-15-14-19-6-4-3-5-7-19/h6,8-13,16,25H,3-5,7,14-15H2,1-2H3,(H,24,26). The van der Waals surface area contributed by atoms with Crippen molar-refractivity contribution in [2.45, 2.75) is 50.8 Å². The van der Waals surface area contributed by atoms with E-state index in [1.807, 2.05) is 6.92 Å². The molecule has 0 aromatic heterocycles. The Kier molecular flexibility index (Phi) is 6.75. The fraction of sp³-hybridized carbons (Fsp3) is 0.348. The van der Waals surface area contributed by atoms with Gasteiger partial charge in [0.15, 0.2) is 0 Å². The number of amides is 1. The van der Waals surface area contributed by atoms with Crippen molar-refractivity contribution in [1.82, 2.24) is 5.32 Å². The predicted octanol–water partition coefficient (Wildman–Crippen LogP) is 4.72. The van der Waals surface area contributed by atoms with Gasteiger partial charge in [-0.15, -0.1) is 0 Å². The van der Waals surface area contributed by atoms with Crippen LogP contribution in [0.5, 0.6) is 0 Å². The topological polar surface area (TPSA) is 75.3 Å². The maximum absolute atomic E-state index is 12.6. The van der Waals surface area contributed by atoms with Gasteiger partial charge in [0, 0.05) is 12.1 Å². The summed E-state index contributed by atoms with van der Waals surface area (Å²) in [5.41, 5.74) is 4.11. The first kappa shape index (κ1) is 21.1. The molecule has 0 heterocycles. The van der Waals surface area contributed by atoms with Gasteiger partial charge >= 0.3 is 0 Å². The summed E-state index contributed by atoms with van der Waals surface area (Å²) in [6, 6.07) is 11.7. The SMILES string of the molecule is Cc1ccc(S(=O)(=O)Nc2ccc(C(=O)NCCC3=CCCCC3)cc2C)cc1. The minimum Gasteiger partial charge on any atom is -0.352 e. The van der Waals surface area contributed by atoms with Crippen molar-refractivity contribution in [3.05, 3.63) is 70.8 Å². The number of anilines is 1. The van der Waals surface area contributed by atoms with Gasteiger partial charge in [0.1, 0.15) is 0 Å². The second kappa shape index (κ2) is 9.27. The van der Waals surface area contributed by atoms with E-state index in [-0.39, 0.29) is 10.8 Å². The van der Waals surface area contributed by atoms with Crippen LogP contribution in [-0.4, -0.2) is 20.9 Å². The number of carbonyl (C=O) groups excluding carboxylic acids is 1. The third-order valence-corrected chi connectivity index (χ3v) is 6.56. The number of rotatable bonds is 7. The van der Waals surface area contributed by atoms with Gasteiger partial charge in [0.05, 0.1) is 10.6 Å². The average Bonchev–Trinajstić information content (AvgIpc) is 2.70. The van der Waals surface area contributed by atoms with Crippen LogP contribution < -0.4 is 10.0 Å². The maximum atomic E-state index is 12.6. The highest BCUT2D eigenvalue weighted by atomic mass is 32.2. The van der Waals surface area contributed by atoms with Gasteiger partial charge in [0.2, 0.25) is 0 Å². The monoisotopic (exact) mass is 412 g/mol. The minimum atomic E-state index is -3.67. The predicted molar refractivity (Wildman–Crippen MR) is 117 cm³/mol. The fourth-order valence-corrected chi connectivity index (χ4v) is 4.54. The van der Waals surface area contributed by atoms with Crippen LogP contribution in [0.3, 0.4) is 0 Å². The van der Waals surface area contributed by atoms with Crippen LogP contribution in [0.15, 0.2) is 59.0 Å². The number of nitrogens with one attached hydrogen (secondary N) is 2. The molecular weight excluding hydrogens is 384 g/mol. The summed E-state index contributed by atoms with van der Waals surface area (Å²) in [5, 5.41) is 2.95. The van der Waals surface area contributed by atoms with Gasteiger partial charge in [-0.2, -0.15) is 0 Å². The second-order valence-electron chi connectivity index (χ2n) is 7.56. The van der Waals surface area contributed by atoms with E-state index in [9.17, 15) is 13.2 Å². The van der Waals surface area contributed by atoms with Crippen molar-refractivity contribution in [2.75, 3.05) is 11.3 Å². The normalized spacial score (nSPS) is 14.2. The largest absolute Gasteiger partial charge is 0.352 e. The van der Waals surface area contributed by atoms with Crippen molar-refractivity contribution < 1.29 is 13.2 Å². The first-order chi connectivity index (χ1) is 13.8. The second-order valence-corrected chi connectivity index (χ2v) is 9.24. The van der Waals surface area contributed by atoms with E-state index in [2.05, 4.69) is 16.1 Å². The van der Waals surface area contributed by atoms with E-state index in [0.29, 0.717) is 23.4 Å². The molecule has 0 radical (unpaired) electrons. The van der Waals surface area contributed by atoms with E-state index in [0.717, 1.165) is 24.8 Å². The molecule has 2 aromatic rings. The third-order valence-electron chi connectivity index (χ3n) is 5.18. The van der Waals surface area contributed by atoms with Crippen molar-refractivity contribution >= 4 is 21.6 Å². The van der Waals surface area contributed by atoms with E-state index in [1.165, 1.54) is 18.4 Å². The summed E-state index contributed by atoms with van der Waals surface area (Å²) in [6.07, 6.45) is 7.94. The van der Waals surface area contributed by atoms with Crippen LogP contribution in [-0.2, 0) is 10.0 Å². The van der Waals surface area contributed by atoms with E-state index in [1.54, 1.807) is 49.4 Å². The first-order valence-electron chi connectivity index (χ1n) is 10.0. The van der Waals surface area contributed by atoms with Crippen LogP contribution in [0.25, 0.3) is 0 Å². The van der Waals surface area contributed by atoms with Gasteiger partial charge in [-0.3, -0.25) is 9.52 Å². The van der Waals surface area contributed by atoms with Crippen LogP contribution in [0.2, 0.25) is 0 Å². The molecule has 6 heteroatoms. The number of carbonyl (C=O) groups is 1. The molecule has 0 saturated heterocycles. The van der Waals surface area contributed by atoms with Crippen molar-refractivity contribution in [3.8, 4) is 0 Å². The summed E-state index contributed by atoms with van der Waals surface area (Å²) < 4.78 is 27.8. The number of hydrogen-bond donors (Lipinski definition) is 2. The third kappa shape index (κ3) is 5.70. The fourth-order valence-electron chi connectivity index (χ4n) is 3.41. The summed E-state index contributed by atoms with van der Waals surface area (Å²) in [4.78, 5) is 12.6. The lowest BCUT2D eigenvalue weighted by Gasteiger charge is -2.14. The molecule has 2 aromatic carbocycles. The average molecular weight is 413 g/mol. The molecule has 2 N–H and O–H groups in total. The molecule has 0 bridgehead atoms. The molecule has 0 saturated carbocycles. The van der Waals surface area contributed by atoms with Crippen LogP contribution in [0.4, 0.5) is 5.69 Å². The molecule has 5 nitrogen and oxygen atoms in total. The Balaban J connectivity index is 1.62. The summed E-state index contributed by atoms with van der Waals surface area (Å²) in [7, 11) is -3.67. The van der Waals surface area contributed by atoms with Gasteiger partial charge in [-0.1, -0.05) is 29.3 Å². The molecule has 3 rings (SSSR count). The van der Waals surface area contributed by atoms with Gasteiger partial charge in [-0.25, -0.2) is 8.42 Å². The summed E-state index contributed by atoms with van der Waals surface area (Å²) >= 11 is 0. The van der Waals surface area contributed by atoms with Crippen LogP contribution in [0, 0.1) is 13.8 Å². The van der Waals surface area contributed by atoms with Gasteiger partial charge < -0.3 is 5.32 Å². The number of benzene rings is 2. The zero-order valence-corrected chi connectivity index (χ0v) is 17.8. The minimum absolute atomic E-state index is 0.141. The van der Waals surface area contributed by atoms with Crippen LogP contribution >= 0.6 is 0 Å². The zero-order chi connectivity index (χ0) is 20.9. The Bertz CT molecular complexity index is 1010. The maximum Gasteiger partial charge on any atom is 0.261 e. The van der Waals surface area contributed by atoms with Gasteiger partial charge in [0.25, 0.3) is 15.9 Å². The highest BCUT2D eigenvalue weighted by molar-refractivity contribution is 7.92. The highest BCUT2D eigenvalue weighted by Crippen LogP contribution is 2.22. The molecule has 0 aliphatic heterocycles. The molecule has 1 aliphatic rings. The number of hydrogen-bond acceptors (Lipinski definition) is 3. The molecule has 0 unspecified atom stereocenters. The summed E-state index contributed by atoms with van der Waals surface area (Å²) in [5.74, 6) is -0.141.